The van der Waals surface area contributed by atoms with Gasteiger partial charge in [0.25, 0.3) is 11.5 Å². The summed E-state index contributed by atoms with van der Waals surface area (Å²) >= 11 is 0. The Morgan fingerprint density at radius 3 is 2.50 bits per heavy atom. The first-order chi connectivity index (χ1) is 10.7. The Kier molecular flexibility index (Phi) is 3.65. The van der Waals surface area contributed by atoms with Crippen LogP contribution in [0.3, 0.4) is 0 Å². The SMILES string of the molecule is CCn1nc(C(=O)Nc2ccncc2)c2ccccc2c1=O. The molecule has 0 saturated heterocycles. The van der Waals surface area contributed by atoms with Gasteiger partial charge in [0, 0.05) is 30.0 Å². The summed E-state index contributed by atoms with van der Waals surface area (Å²) in [6.45, 7) is 2.22. The molecule has 22 heavy (non-hydrogen) atoms. The second-order valence-corrected chi connectivity index (χ2v) is 4.71. The number of benzene rings is 1. The van der Waals surface area contributed by atoms with Crippen LogP contribution in [0.2, 0.25) is 0 Å². The average molecular weight is 294 g/mol. The second kappa shape index (κ2) is 5.77. The first kappa shape index (κ1) is 13.9. The monoisotopic (exact) mass is 294 g/mol. The van der Waals surface area contributed by atoms with Crippen molar-refractivity contribution < 1.29 is 4.79 Å². The lowest BCUT2D eigenvalue weighted by Crippen LogP contribution is -2.27. The summed E-state index contributed by atoms with van der Waals surface area (Å²) in [5.41, 5.74) is 0.660. The van der Waals surface area contributed by atoms with Crippen molar-refractivity contribution in [1.29, 1.82) is 0 Å². The van der Waals surface area contributed by atoms with Crippen LogP contribution < -0.4 is 10.9 Å². The molecule has 0 aliphatic rings. The maximum Gasteiger partial charge on any atom is 0.276 e. The van der Waals surface area contributed by atoms with Crippen molar-refractivity contribution in [2.24, 2.45) is 0 Å². The van der Waals surface area contributed by atoms with Crippen molar-refractivity contribution in [3.8, 4) is 0 Å². The molecule has 0 atom stereocenters. The lowest BCUT2D eigenvalue weighted by atomic mass is 10.1. The molecular weight excluding hydrogens is 280 g/mol. The molecule has 2 aromatic heterocycles. The van der Waals surface area contributed by atoms with Gasteiger partial charge in [0.1, 0.15) is 0 Å². The molecule has 1 amide bonds. The third-order valence-corrected chi connectivity index (χ3v) is 3.32. The van der Waals surface area contributed by atoms with E-state index in [1.165, 1.54) is 4.68 Å². The maximum absolute atomic E-state index is 12.5. The fraction of sp³-hybridized carbons (Fsp3) is 0.125. The van der Waals surface area contributed by atoms with Crippen molar-refractivity contribution in [2.75, 3.05) is 5.32 Å². The first-order valence-electron chi connectivity index (χ1n) is 6.92. The molecule has 3 aromatic rings. The smallest absolute Gasteiger partial charge is 0.276 e. The molecule has 6 nitrogen and oxygen atoms in total. The quantitative estimate of drug-likeness (QED) is 0.802. The van der Waals surface area contributed by atoms with Crippen molar-refractivity contribution in [3.05, 3.63) is 64.8 Å². The zero-order valence-corrected chi connectivity index (χ0v) is 12.0. The zero-order valence-electron chi connectivity index (χ0n) is 12.0. The van der Waals surface area contributed by atoms with E-state index in [-0.39, 0.29) is 17.2 Å². The molecule has 110 valence electrons. The highest BCUT2D eigenvalue weighted by Gasteiger charge is 2.16. The highest BCUT2D eigenvalue weighted by molar-refractivity contribution is 6.11. The molecular formula is C16H14N4O2. The summed E-state index contributed by atoms with van der Waals surface area (Å²) in [4.78, 5) is 28.7. The van der Waals surface area contributed by atoms with Gasteiger partial charge in [-0.25, -0.2) is 4.68 Å². The predicted molar refractivity (Wildman–Crippen MR) is 83.9 cm³/mol. The second-order valence-electron chi connectivity index (χ2n) is 4.71. The number of hydrogen-bond acceptors (Lipinski definition) is 4. The van der Waals surface area contributed by atoms with Crippen molar-refractivity contribution >= 4 is 22.4 Å². The summed E-state index contributed by atoms with van der Waals surface area (Å²) in [5.74, 6) is -0.357. The van der Waals surface area contributed by atoms with Crippen LogP contribution in [0.25, 0.3) is 10.8 Å². The molecule has 6 heteroatoms. The average Bonchev–Trinajstić information content (AvgIpc) is 2.56. The van der Waals surface area contributed by atoms with Crippen molar-refractivity contribution in [2.45, 2.75) is 13.5 Å². The molecule has 0 radical (unpaired) electrons. The number of anilines is 1. The van der Waals surface area contributed by atoms with Crippen LogP contribution in [0.15, 0.2) is 53.6 Å². The summed E-state index contributed by atoms with van der Waals surface area (Å²) < 4.78 is 1.30. The highest BCUT2D eigenvalue weighted by Crippen LogP contribution is 2.15. The lowest BCUT2D eigenvalue weighted by molar-refractivity contribution is 0.102. The molecule has 0 aliphatic heterocycles. The van der Waals surface area contributed by atoms with E-state index in [4.69, 9.17) is 0 Å². The first-order valence-corrected chi connectivity index (χ1v) is 6.92. The molecule has 0 bridgehead atoms. The Labute approximate surface area is 126 Å². The number of fused-ring (bicyclic) bond motifs is 1. The summed E-state index contributed by atoms with van der Waals surface area (Å²) in [6.07, 6.45) is 3.18. The Morgan fingerprint density at radius 2 is 1.82 bits per heavy atom. The number of rotatable bonds is 3. The van der Waals surface area contributed by atoms with Crippen LogP contribution in [-0.2, 0) is 6.54 Å². The van der Waals surface area contributed by atoms with E-state index in [2.05, 4.69) is 15.4 Å². The van der Waals surface area contributed by atoms with Gasteiger partial charge >= 0.3 is 0 Å². The van der Waals surface area contributed by atoms with Gasteiger partial charge in [0.2, 0.25) is 0 Å². The van der Waals surface area contributed by atoms with Crippen LogP contribution in [0.1, 0.15) is 17.4 Å². The molecule has 0 spiro atoms. The summed E-state index contributed by atoms with van der Waals surface area (Å²) in [5, 5.41) is 7.99. The maximum atomic E-state index is 12.5. The highest BCUT2D eigenvalue weighted by atomic mass is 16.2. The Hall–Kier alpha value is -3.02. The van der Waals surface area contributed by atoms with Crippen molar-refractivity contribution in [3.63, 3.8) is 0 Å². The van der Waals surface area contributed by atoms with Gasteiger partial charge in [-0.2, -0.15) is 5.10 Å². The third-order valence-electron chi connectivity index (χ3n) is 3.32. The van der Waals surface area contributed by atoms with E-state index in [0.717, 1.165) is 0 Å². The number of aromatic nitrogens is 3. The normalized spacial score (nSPS) is 10.6. The molecule has 2 heterocycles. The van der Waals surface area contributed by atoms with Gasteiger partial charge in [-0.15, -0.1) is 0 Å². The largest absolute Gasteiger partial charge is 0.320 e. The Balaban J connectivity index is 2.12. The van der Waals surface area contributed by atoms with Gasteiger partial charge in [-0.1, -0.05) is 18.2 Å². The van der Waals surface area contributed by atoms with E-state index in [1.54, 1.807) is 48.8 Å². The minimum atomic E-state index is -0.357. The summed E-state index contributed by atoms with van der Waals surface area (Å²) in [6, 6.07) is 10.4. The van der Waals surface area contributed by atoms with Crippen LogP contribution >= 0.6 is 0 Å². The minimum absolute atomic E-state index is 0.196. The molecule has 3 rings (SSSR count). The number of pyridine rings is 1. The molecule has 0 fully saturated rings. The van der Waals surface area contributed by atoms with Crippen LogP contribution in [-0.4, -0.2) is 20.7 Å². The minimum Gasteiger partial charge on any atom is -0.320 e. The topological polar surface area (TPSA) is 76.9 Å². The van der Waals surface area contributed by atoms with E-state index in [1.807, 2.05) is 6.92 Å². The fourth-order valence-electron chi connectivity index (χ4n) is 2.24. The number of amides is 1. The number of nitrogens with one attached hydrogen (secondary N) is 1. The van der Waals surface area contributed by atoms with E-state index in [9.17, 15) is 9.59 Å². The number of carbonyl (C=O) groups is 1. The fourth-order valence-corrected chi connectivity index (χ4v) is 2.24. The van der Waals surface area contributed by atoms with Crippen LogP contribution in [0.4, 0.5) is 5.69 Å². The molecule has 1 aromatic carbocycles. The Morgan fingerprint density at radius 1 is 1.14 bits per heavy atom. The number of carbonyl (C=O) groups excluding carboxylic acids is 1. The molecule has 0 saturated carbocycles. The predicted octanol–water partition coefficient (Wildman–Crippen LogP) is 2.06. The number of aryl methyl sites for hydroxylation is 1. The number of nitrogens with zero attached hydrogens (tertiary/aromatic N) is 3. The van der Waals surface area contributed by atoms with Crippen LogP contribution in [0.5, 0.6) is 0 Å². The lowest BCUT2D eigenvalue weighted by Gasteiger charge is -2.10. The summed E-state index contributed by atoms with van der Waals surface area (Å²) in [7, 11) is 0. The van der Waals surface area contributed by atoms with Crippen molar-refractivity contribution in [1.82, 2.24) is 14.8 Å². The molecule has 1 N–H and O–H groups in total. The number of hydrogen-bond donors (Lipinski definition) is 1. The van der Waals surface area contributed by atoms with E-state index in [0.29, 0.717) is 23.0 Å². The zero-order chi connectivity index (χ0) is 15.5. The standard InChI is InChI=1S/C16H14N4O2/c1-2-20-16(22)13-6-4-3-5-12(13)14(19-20)15(21)18-11-7-9-17-10-8-11/h3-10H,2H2,1H3,(H,17,18,21). The third kappa shape index (κ3) is 2.46. The van der Waals surface area contributed by atoms with Gasteiger partial charge in [0.05, 0.1) is 5.39 Å². The van der Waals surface area contributed by atoms with Gasteiger partial charge in [-0.05, 0) is 25.1 Å². The van der Waals surface area contributed by atoms with Gasteiger partial charge < -0.3 is 5.32 Å². The van der Waals surface area contributed by atoms with Gasteiger partial charge in [-0.3, -0.25) is 14.6 Å². The van der Waals surface area contributed by atoms with Gasteiger partial charge in [0.15, 0.2) is 5.69 Å². The molecule has 0 unspecified atom stereocenters. The molecule has 0 aliphatic carbocycles. The Bertz CT molecular complexity index is 888. The van der Waals surface area contributed by atoms with E-state index < -0.39 is 0 Å². The van der Waals surface area contributed by atoms with E-state index >= 15 is 0 Å². The van der Waals surface area contributed by atoms with Crippen LogP contribution in [0, 0.1) is 0 Å².